The van der Waals surface area contributed by atoms with E-state index in [4.69, 9.17) is 27.9 Å². The molecule has 0 bridgehead atoms. The van der Waals surface area contributed by atoms with Gasteiger partial charge in [-0.1, -0.05) is 23.2 Å². The Morgan fingerprint density at radius 3 is 2.65 bits per heavy atom. The van der Waals surface area contributed by atoms with Crippen LogP contribution in [0.4, 0.5) is 0 Å². The van der Waals surface area contributed by atoms with Crippen LogP contribution in [0.15, 0.2) is 18.2 Å². The van der Waals surface area contributed by atoms with E-state index in [9.17, 15) is 18.0 Å². The number of benzene rings is 1. The van der Waals surface area contributed by atoms with Gasteiger partial charge >= 0.3 is 5.97 Å². The number of hydrogen-bond acceptors (Lipinski definition) is 5. The molecule has 23 heavy (non-hydrogen) atoms. The average Bonchev–Trinajstić information content (AvgIpc) is 2.86. The number of hydrogen-bond donors (Lipinski definition) is 0. The minimum atomic E-state index is -3.09. The molecule has 0 spiro atoms. The zero-order chi connectivity index (χ0) is 17.2. The largest absolute Gasteiger partial charge is 0.452 e. The summed E-state index contributed by atoms with van der Waals surface area (Å²) in [4.78, 5) is 25.3. The first-order valence-electron chi connectivity index (χ1n) is 6.78. The third-order valence-corrected chi connectivity index (χ3v) is 5.94. The van der Waals surface area contributed by atoms with Gasteiger partial charge in [-0.3, -0.25) is 4.79 Å². The average molecular weight is 380 g/mol. The van der Waals surface area contributed by atoms with Crippen LogP contribution in [0.25, 0.3) is 0 Å². The number of carbonyl (C=O) groups is 2. The number of ether oxygens (including phenoxy) is 1. The molecule has 0 saturated carbocycles. The van der Waals surface area contributed by atoms with E-state index in [0.717, 1.165) is 0 Å². The molecule has 0 aromatic heterocycles. The minimum absolute atomic E-state index is 0.0627. The van der Waals surface area contributed by atoms with Crippen LogP contribution in [0, 0.1) is 0 Å². The van der Waals surface area contributed by atoms with Crippen LogP contribution in [0.5, 0.6) is 0 Å². The molecule has 0 radical (unpaired) electrons. The van der Waals surface area contributed by atoms with E-state index < -0.39 is 28.3 Å². The van der Waals surface area contributed by atoms with Gasteiger partial charge in [-0.15, -0.1) is 0 Å². The summed E-state index contributed by atoms with van der Waals surface area (Å²) in [6.45, 7) is -0.491. The van der Waals surface area contributed by atoms with E-state index in [0.29, 0.717) is 11.4 Å². The van der Waals surface area contributed by atoms with E-state index in [-0.39, 0.29) is 28.1 Å². The quantitative estimate of drug-likeness (QED) is 0.744. The second-order valence-corrected chi connectivity index (χ2v) is 8.33. The lowest BCUT2D eigenvalue weighted by Gasteiger charge is -2.23. The monoisotopic (exact) mass is 379 g/mol. The molecule has 9 heteroatoms. The fourth-order valence-corrected chi connectivity index (χ4v) is 4.39. The molecule has 1 aliphatic rings. The number of rotatable bonds is 4. The summed E-state index contributed by atoms with van der Waals surface area (Å²) >= 11 is 11.7. The number of nitrogens with zero attached hydrogens (tertiary/aromatic N) is 1. The molecule has 0 unspecified atom stereocenters. The fraction of sp³-hybridized carbons (Fsp3) is 0.429. The normalized spacial score (nSPS) is 19.3. The van der Waals surface area contributed by atoms with Gasteiger partial charge in [0.2, 0.25) is 0 Å². The zero-order valence-corrected chi connectivity index (χ0v) is 14.6. The van der Waals surface area contributed by atoms with Crippen LogP contribution in [0.1, 0.15) is 16.8 Å². The molecule has 6 nitrogen and oxygen atoms in total. The molecular weight excluding hydrogens is 365 g/mol. The van der Waals surface area contributed by atoms with Gasteiger partial charge in [-0.2, -0.15) is 0 Å². The molecule has 1 fully saturated rings. The number of halogens is 2. The van der Waals surface area contributed by atoms with Crippen molar-refractivity contribution in [2.45, 2.75) is 12.5 Å². The Labute approximate surface area is 144 Å². The maximum absolute atomic E-state index is 12.0. The molecule has 1 saturated heterocycles. The van der Waals surface area contributed by atoms with Crippen molar-refractivity contribution in [3.63, 3.8) is 0 Å². The van der Waals surface area contributed by atoms with Crippen molar-refractivity contribution in [2.24, 2.45) is 0 Å². The highest BCUT2D eigenvalue weighted by atomic mass is 35.5. The van der Waals surface area contributed by atoms with Gasteiger partial charge in [0, 0.05) is 18.1 Å². The van der Waals surface area contributed by atoms with Crippen LogP contribution in [-0.4, -0.2) is 56.4 Å². The predicted octanol–water partition coefficient (Wildman–Crippen LogP) is 1.80. The second kappa shape index (κ2) is 7.07. The smallest absolute Gasteiger partial charge is 0.340 e. The first kappa shape index (κ1) is 18.0. The molecule has 1 heterocycles. The van der Waals surface area contributed by atoms with Gasteiger partial charge < -0.3 is 9.64 Å². The predicted molar refractivity (Wildman–Crippen MR) is 86.6 cm³/mol. The Bertz CT molecular complexity index is 735. The lowest BCUT2D eigenvalue weighted by molar-refractivity contribution is -0.134. The maximum atomic E-state index is 12.0. The molecule has 1 aliphatic heterocycles. The van der Waals surface area contributed by atoms with E-state index in [1.807, 2.05) is 0 Å². The fourth-order valence-electron chi connectivity index (χ4n) is 2.25. The molecular formula is C14H15Cl2NO5S. The van der Waals surface area contributed by atoms with E-state index >= 15 is 0 Å². The SMILES string of the molecule is CN(C(=O)COC(=O)c1cc(Cl)ccc1Cl)[C@H]1CCS(=O)(=O)C1. The third-order valence-electron chi connectivity index (χ3n) is 3.62. The Hall–Kier alpha value is -1.31. The first-order valence-corrected chi connectivity index (χ1v) is 9.35. The van der Waals surface area contributed by atoms with E-state index in [2.05, 4.69) is 0 Å². The summed E-state index contributed by atoms with van der Waals surface area (Å²) in [5.74, 6) is -1.24. The number of likely N-dealkylation sites (N-methyl/N-ethyl adjacent to an activating group) is 1. The summed E-state index contributed by atoms with van der Waals surface area (Å²) < 4.78 is 27.8. The van der Waals surface area contributed by atoms with Gasteiger partial charge in [0.05, 0.1) is 22.1 Å². The van der Waals surface area contributed by atoms with Crippen molar-refractivity contribution in [1.82, 2.24) is 4.90 Å². The number of carbonyl (C=O) groups excluding carboxylic acids is 2. The molecule has 2 rings (SSSR count). The number of sulfone groups is 1. The van der Waals surface area contributed by atoms with Crippen molar-refractivity contribution < 1.29 is 22.7 Å². The molecule has 1 aromatic carbocycles. The van der Waals surface area contributed by atoms with Crippen LogP contribution in [-0.2, 0) is 19.4 Å². The van der Waals surface area contributed by atoms with Gasteiger partial charge in [0.15, 0.2) is 16.4 Å². The van der Waals surface area contributed by atoms with Crippen molar-refractivity contribution in [3.8, 4) is 0 Å². The molecule has 0 aliphatic carbocycles. The van der Waals surface area contributed by atoms with E-state index in [1.54, 1.807) is 0 Å². The molecule has 126 valence electrons. The van der Waals surface area contributed by atoms with Gasteiger partial charge in [0.25, 0.3) is 5.91 Å². The van der Waals surface area contributed by atoms with Crippen LogP contribution < -0.4 is 0 Å². The Kier molecular flexibility index (Phi) is 5.54. The van der Waals surface area contributed by atoms with Crippen molar-refractivity contribution >= 4 is 44.9 Å². The van der Waals surface area contributed by atoms with Crippen LogP contribution in [0.2, 0.25) is 10.0 Å². The summed E-state index contributed by atoms with van der Waals surface area (Å²) in [5, 5.41) is 0.489. The Balaban J connectivity index is 1.93. The highest BCUT2D eigenvalue weighted by Gasteiger charge is 2.33. The van der Waals surface area contributed by atoms with E-state index in [1.165, 1.54) is 30.1 Å². The topological polar surface area (TPSA) is 80.8 Å². The molecule has 1 atom stereocenters. The Morgan fingerprint density at radius 1 is 1.35 bits per heavy atom. The number of esters is 1. The summed E-state index contributed by atoms with van der Waals surface area (Å²) in [5.41, 5.74) is 0.0677. The first-order chi connectivity index (χ1) is 10.7. The lowest BCUT2D eigenvalue weighted by Crippen LogP contribution is -2.40. The van der Waals surface area contributed by atoms with Crippen molar-refractivity contribution in [1.29, 1.82) is 0 Å². The van der Waals surface area contributed by atoms with Gasteiger partial charge in [-0.25, -0.2) is 13.2 Å². The molecule has 1 aromatic rings. The third kappa shape index (κ3) is 4.59. The lowest BCUT2D eigenvalue weighted by atomic mass is 10.2. The number of amides is 1. The summed E-state index contributed by atoms with van der Waals surface area (Å²) in [6.07, 6.45) is 0.388. The standard InChI is InChI=1S/C14H15Cl2NO5S/c1-17(10-4-5-23(20,21)8-10)13(18)7-22-14(19)11-6-9(15)2-3-12(11)16/h2-3,6,10H,4-5,7-8H2,1H3/t10-/m0/s1. The van der Waals surface area contributed by atoms with Crippen molar-refractivity contribution in [2.75, 3.05) is 25.2 Å². The van der Waals surface area contributed by atoms with Gasteiger partial charge in [-0.05, 0) is 24.6 Å². The minimum Gasteiger partial charge on any atom is -0.452 e. The van der Waals surface area contributed by atoms with Crippen LogP contribution >= 0.6 is 23.2 Å². The maximum Gasteiger partial charge on any atom is 0.340 e. The summed E-state index contributed by atoms with van der Waals surface area (Å²) in [7, 11) is -1.60. The van der Waals surface area contributed by atoms with Crippen LogP contribution in [0.3, 0.4) is 0 Å². The highest BCUT2D eigenvalue weighted by molar-refractivity contribution is 7.91. The Morgan fingerprint density at radius 2 is 2.04 bits per heavy atom. The highest BCUT2D eigenvalue weighted by Crippen LogP contribution is 2.21. The van der Waals surface area contributed by atoms with Crippen molar-refractivity contribution in [3.05, 3.63) is 33.8 Å². The second-order valence-electron chi connectivity index (χ2n) is 5.26. The summed E-state index contributed by atoms with van der Waals surface area (Å²) in [6, 6.07) is 3.95. The van der Waals surface area contributed by atoms with Gasteiger partial charge in [0.1, 0.15) is 0 Å². The molecule has 0 N–H and O–H groups in total. The zero-order valence-electron chi connectivity index (χ0n) is 12.3. The molecule has 1 amide bonds.